The van der Waals surface area contributed by atoms with Gasteiger partial charge in [0.15, 0.2) is 0 Å². The van der Waals surface area contributed by atoms with Crippen LogP contribution in [-0.2, 0) is 10.4 Å². The second kappa shape index (κ2) is 3.84. The van der Waals surface area contributed by atoms with Crippen molar-refractivity contribution >= 4 is 10.4 Å². The minimum Gasteiger partial charge on any atom is -0.390 e. The van der Waals surface area contributed by atoms with Crippen molar-refractivity contribution in [3.8, 4) is 0 Å². The molecule has 62 valence electrons. The first kappa shape index (κ1) is 9.79. The van der Waals surface area contributed by atoms with Crippen molar-refractivity contribution in [1.82, 2.24) is 5.32 Å². The number of aliphatic hydroxyl groups excluding tert-OH is 1. The number of aliphatic hydroxyl groups is 1. The number of rotatable bonds is 0. The summed E-state index contributed by atoms with van der Waals surface area (Å²) in [4.78, 5) is 0. The summed E-state index contributed by atoms with van der Waals surface area (Å²) < 4.78 is 31.6. The van der Waals surface area contributed by atoms with Gasteiger partial charge in [-0.05, 0) is 0 Å². The summed E-state index contributed by atoms with van der Waals surface area (Å²) in [6.07, 6.45) is -0.0463. The number of hydrogen-bond acceptors (Lipinski definition) is 4. The molecule has 4 N–H and O–H groups in total. The average Bonchev–Trinajstić information content (AvgIpc) is 1.56. The first-order valence-corrected chi connectivity index (χ1v) is 3.88. The fraction of sp³-hybridized carbons (Fsp3) is 1.00. The zero-order valence-electron chi connectivity index (χ0n) is 5.06. The lowest BCUT2D eigenvalue weighted by Gasteiger charge is -2.20. The van der Waals surface area contributed by atoms with Gasteiger partial charge in [0, 0.05) is 13.1 Å². The molecule has 0 unspecified atom stereocenters. The van der Waals surface area contributed by atoms with E-state index in [4.69, 9.17) is 22.6 Å². The first-order chi connectivity index (χ1) is 4.39. The van der Waals surface area contributed by atoms with Gasteiger partial charge in [0.2, 0.25) is 0 Å². The van der Waals surface area contributed by atoms with Crippen molar-refractivity contribution in [2.75, 3.05) is 13.1 Å². The van der Waals surface area contributed by atoms with Crippen LogP contribution in [0.3, 0.4) is 0 Å². The fourth-order valence-electron chi connectivity index (χ4n) is 0.273. The Kier molecular flexibility index (Phi) is 3.76. The van der Waals surface area contributed by atoms with Crippen LogP contribution in [0.25, 0.3) is 0 Å². The highest BCUT2D eigenvalue weighted by molar-refractivity contribution is 7.79. The molecule has 0 bridgehead atoms. The molecule has 0 aromatic heterocycles. The predicted molar refractivity (Wildman–Crippen MR) is 33.1 cm³/mol. The van der Waals surface area contributed by atoms with E-state index in [-0.39, 0.29) is 6.10 Å². The minimum atomic E-state index is -4.67. The van der Waals surface area contributed by atoms with Crippen molar-refractivity contribution in [2.24, 2.45) is 0 Å². The van der Waals surface area contributed by atoms with Crippen LogP contribution in [0.2, 0.25) is 0 Å². The summed E-state index contributed by atoms with van der Waals surface area (Å²) in [6, 6.07) is 0. The van der Waals surface area contributed by atoms with Crippen molar-refractivity contribution in [2.45, 2.75) is 6.10 Å². The topological polar surface area (TPSA) is 107 Å². The molecule has 1 heterocycles. The van der Waals surface area contributed by atoms with Gasteiger partial charge in [-0.1, -0.05) is 0 Å². The Balaban J connectivity index is 0.000000162. The van der Waals surface area contributed by atoms with Gasteiger partial charge in [0.25, 0.3) is 0 Å². The molecule has 0 aromatic rings. The molecular weight excluding hydrogens is 162 g/mol. The van der Waals surface area contributed by atoms with E-state index < -0.39 is 10.4 Å². The van der Waals surface area contributed by atoms with Crippen LogP contribution < -0.4 is 5.32 Å². The monoisotopic (exact) mass is 171 g/mol. The van der Waals surface area contributed by atoms with E-state index in [2.05, 4.69) is 5.32 Å². The van der Waals surface area contributed by atoms with E-state index in [0.29, 0.717) is 0 Å². The van der Waals surface area contributed by atoms with Gasteiger partial charge in [0.05, 0.1) is 6.10 Å². The SMILES string of the molecule is O=S(=O)(O)O.OC1CNC1. The van der Waals surface area contributed by atoms with E-state index in [9.17, 15) is 0 Å². The lowest BCUT2D eigenvalue weighted by atomic mass is 10.2. The maximum atomic E-state index is 8.74. The first-order valence-electron chi connectivity index (χ1n) is 2.48. The molecule has 0 spiro atoms. The van der Waals surface area contributed by atoms with Gasteiger partial charge in [-0.3, -0.25) is 9.11 Å². The summed E-state index contributed by atoms with van der Waals surface area (Å²) >= 11 is 0. The summed E-state index contributed by atoms with van der Waals surface area (Å²) in [6.45, 7) is 1.58. The van der Waals surface area contributed by atoms with Gasteiger partial charge < -0.3 is 10.4 Å². The van der Waals surface area contributed by atoms with Crippen molar-refractivity contribution in [1.29, 1.82) is 0 Å². The fourth-order valence-corrected chi connectivity index (χ4v) is 0.273. The maximum absolute atomic E-state index is 8.74. The highest BCUT2D eigenvalue weighted by atomic mass is 32.3. The van der Waals surface area contributed by atoms with Gasteiger partial charge in [0.1, 0.15) is 0 Å². The van der Waals surface area contributed by atoms with Crippen LogP contribution in [0.1, 0.15) is 0 Å². The lowest BCUT2D eigenvalue weighted by molar-refractivity contribution is 0.117. The molecule has 1 aliphatic heterocycles. The predicted octanol–water partition coefficient (Wildman–Crippen LogP) is -1.70. The zero-order valence-corrected chi connectivity index (χ0v) is 5.87. The highest BCUT2D eigenvalue weighted by Crippen LogP contribution is 1.85. The molecule has 1 saturated heterocycles. The molecule has 0 aliphatic carbocycles. The summed E-state index contributed by atoms with van der Waals surface area (Å²) in [5.74, 6) is 0. The summed E-state index contributed by atoms with van der Waals surface area (Å²) in [5.41, 5.74) is 0. The quantitative estimate of drug-likeness (QED) is 0.323. The van der Waals surface area contributed by atoms with Crippen LogP contribution in [0.4, 0.5) is 0 Å². The summed E-state index contributed by atoms with van der Waals surface area (Å²) in [5, 5.41) is 11.3. The van der Waals surface area contributed by atoms with E-state index in [1.807, 2.05) is 0 Å². The smallest absolute Gasteiger partial charge is 0.390 e. The Morgan fingerprint density at radius 1 is 1.30 bits per heavy atom. The van der Waals surface area contributed by atoms with Crippen LogP contribution in [0, 0.1) is 0 Å². The number of β-amino-alcohol motifs (C(OH)–C–C–N with tert-alkyl or cyclic N) is 1. The van der Waals surface area contributed by atoms with Crippen LogP contribution in [0.5, 0.6) is 0 Å². The molecule has 0 aromatic carbocycles. The van der Waals surface area contributed by atoms with Crippen molar-refractivity contribution in [3.63, 3.8) is 0 Å². The molecule has 6 nitrogen and oxygen atoms in total. The molecule has 0 atom stereocenters. The second-order valence-electron chi connectivity index (χ2n) is 1.76. The standard InChI is InChI=1S/C3H7NO.H2O4S/c5-3-1-4-2-3;1-5(2,3)4/h3-5H,1-2H2;(H2,1,2,3,4). The number of hydrogen-bond donors (Lipinski definition) is 4. The van der Waals surface area contributed by atoms with Gasteiger partial charge >= 0.3 is 10.4 Å². The van der Waals surface area contributed by atoms with Gasteiger partial charge in [-0.15, -0.1) is 0 Å². The number of nitrogens with one attached hydrogen (secondary N) is 1. The van der Waals surface area contributed by atoms with Crippen LogP contribution in [-0.4, -0.2) is 41.8 Å². The summed E-state index contributed by atoms with van der Waals surface area (Å²) in [7, 11) is -4.67. The second-order valence-corrected chi connectivity index (χ2v) is 2.66. The molecule has 1 rings (SSSR count). The molecule has 7 heteroatoms. The van der Waals surface area contributed by atoms with Gasteiger partial charge in [-0.25, -0.2) is 0 Å². The Morgan fingerprint density at radius 2 is 1.50 bits per heavy atom. The maximum Gasteiger partial charge on any atom is 0.394 e. The third-order valence-electron chi connectivity index (χ3n) is 0.760. The average molecular weight is 171 g/mol. The van der Waals surface area contributed by atoms with E-state index in [0.717, 1.165) is 13.1 Å². The van der Waals surface area contributed by atoms with Gasteiger partial charge in [-0.2, -0.15) is 8.42 Å². The largest absolute Gasteiger partial charge is 0.394 e. The molecule has 10 heavy (non-hydrogen) atoms. The van der Waals surface area contributed by atoms with E-state index >= 15 is 0 Å². The molecular formula is C3H9NO5S. The highest BCUT2D eigenvalue weighted by Gasteiger charge is 2.10. The minimum absolute atomic E-state index is 0.0463. The molecule has 0 radical (unpaired) electrons. The molecule has 0 saturated carbocycles. The molecule has 0 amide bonds. The third kappa shape index (κ3) is 10.7. The third-order valence-corrected chi connectivity index (χ3v) is 0.760. The lowest BCUT2D eigenvalue weighted by Crippen LogP contribution is -2.46. The zero-order chi connectivity index (χ0) is 8.20. The Bertz CT molecular complexity index is 163. The Hall–Kier alpha value is -0.210. The van der Waals surface area contributed by atoms with Crippen LogP contribution in [0.15, 0.2) is 0 Å². The molecule has 1 fully saturated rings. The Morgan fingerprint density at radius 3 is 1.50 bits per heavy atom. The normalized spacial score (nSPS) is 18.7. The van der Waals surface area contributed by atoms with Crippen molar-refractivity contribution < 1.29 is 22.6 Å². The van der Waals surface area contributed by atoms with E-state index in [1.165, 1.54) is 0 Å². The Labute approximate surface area is 58.4 Å². The molecule has 1 aliphatic rings. The van der Waals surface area contributed by atoms with Crippen LogP contribution >= 0.6 is 0 Å². The van der Waals surface area contributed by atoms with Crippen molar-refractivity contribution in [3.05, 3.63) is 0 Å². The van der Waals surface area contributed by atoms with E-state index in [1.54, 1.807) is 0 Å².